The van der Waals surface area contributed by atoms with E-state index in [9.17, 15) is 4.79 Å². The van der Waals surface area contributed by atoms with Crippen LogP contribution >= 0.6 is 11.6 Å². The van der Waals surface area contributed by atoms with Crippen LogP contribution in [0, 0.1) is 11.3 Å². The molecular weight excluding hydrogens is 216 g/mol. The van der Waals surface area contributed by atoms with Gasteiger partial charge in [0.25, 0.3) is 5.89 Å². The first kappa shape index (κ1) is 9.69. The minimum atomic E-state index is -0.392. The summed E-state index contributed by atoms with van der Waals surface area (Å²) in [6, 6.07) is 6.91. The molecule has 15 heavy (non-hydrogen) atoms. The van der Waals surface area contributed by atoms with Crippen LogP contribution in [0.5, 0.6) is 0 Å². The van der Waals surface area contributed by atoms with Gasteiger partial charge in [0.15, 0.2) is 5.58 Å². The van der Waals surface area contributed by atoms with Gasteiger partial charge in [-0.15, -0.1) is 11.6 Å². The van der Waals surface area contributed by atoms with E-state index in [-0.39, 0.29) is 11.8 Å². The number of ketones is 1. The molecule has 0 bridgehead atoms. The summed E-state index contributed by atoms with van der Waals surface area (Å²) < 4.78 is 5.18. The number of carbonyl (C=O) groups excluding carboxylic acids is 1. The average Bonchev–Trinajstić information content (AvgIpc) is 2.71. The highest BCUT2D eigenvalue weighted by atomic mass is 35.5. The molecule has 1 aromatic heterocycles. The van der Waals surface area contributed by atoms with Crippen LogP contribution in [0.4, 0.5) is 0 Å². The van der Waals surface area contributed by atoms with Crippen molar-refractivity contribution in [2.24, 2.45) is 0 Å². The van der Waals surface area contributed by atoms with Gasteiger partial charge in [-0.2, -0.15) is 5.26 Å². The standard InChI is InChI=1S/C10H5ClN2O2/c11-4-8(14)10-13-7-3-1-2-6(5-12)9(7)15-10/h1-3H,4H2. The summed E-state index contributed by atoms with van der Waals surface area (Å²) in [5.41, 5.74) is 1.17. The molecule has 2 rings (SSSR count). The molecule has 0 saturated carbocycles. The van der Waals surface area contributed by atoms with Crippen LogP contribution in [0.25, 0.3) is 11.1 Å². The zero-order valence-electron chi connectivity index (χ0n) is 7.53. The van der Waals surface area contributed by atoms with Crippen LogP contribution in [0.15, 0.2) is 22.6 Å². The van der Waals surface area contributed by atoms with Crippen molar-refractivity contribution >= 4 is 28.5 Å². The molecule has 0 fully saturated rings. The first-order valence-electron chi connectivity index (χ1n) is 4.15. The molecule has 0 unspecified atom stereocenters. The number of Topliss-reactive ketones (excluding diaryl/α,β-unsaturated/α-hetero) is 1. The normalized spacial score (nSPS) is 10.1. The summed E-state index contributed by atoms with van der Waals surface area (Å²) >= 11 is 5.37. The van der Waals surface area contributed by atoms with Crippen LogP contribution in [0.3, 0.4) is 0 Å². The smallest absolute Gasteiger partial charge is 0.265 e. The summed E-state index contributed by atoms with van der Waals surface area (Å²) in [7, 11) is 0. The lowest BCUT2D eigenvalue weighted by molar-refractivity contribution is 0.0986. The second-order valence-corrected chi connectivity index (χ2v) is 3.11. The maximum Gasteiger partial charge on any atom is 0.265 e. The molecule has 74 valence electrons. The Morgan fingerprint density at radius 1 is 1.60 bits per heavy atom. The Morgan fingerprint density at radius 2 is 2.40 bits per heavy atom. The van der Waals surface area contributed by atoms with Gasteiger partial charge < -0.3 is 4.42 Å². The number of halogens is 1. The summed E-state index contributed by atoms with van der Waals surface area (Å²) in [5, 5.41) is 8.79. The number of oxazole rings is 1. The first-order valence-corrected chi connectivity index (χ1v) is 4.68. The number of nitrogens with zero attached hydrogens (tertiary/aromatic N) is 2. The molecular formula is C10H5ClN2O2. The van der Waals surface area contributed by atoms with Crippen molar-refractivity contribution in [1.29, 1.82) is 5.26 Å². The van der Waals surface area contributed by atoms with Gasteiger partial charge in [-0.05, 0) is 12.1 Å². The largest absolute Gasteiger partial charge is 0.432 e. The maximum atomic E-state index is 11.2. The van der Waals surface area contributed by atoms with Gasteiger partial charge in [-0.25, -0.2) is 4.98 Å². The number of rotatable bonds is 2. The van der Waals surface area contributed by atoms with Gasteiger partial charge in [-0.3, -0.25) is 4.79 Å². The van der Waals surface area contributed by atoms with E-state index >= 15 is 0 Å². The maximum absolute atomic E-state index is 11.2. The van der Waals surface area contributed by atoms with E-state index in [1.54, 1.807) is 18.2 Å². The van der Waals surface area contributed by atoms with Crippen molar-refractivity contribution in [2.45, 2.75) is 0 Å². The lowest BCUT2D eigenvalue weighted by atomic mass is 10.2. The van der Waals surface area contributed by atoms with E-state index in [4.69, 9.17) is 21.3 Å². The number of para-hydroxylation sites is 1. The molecule has 0 aliphatic carbocycles. The number of carbonyl (C=O) groups is 1. The predicted molar refractivity (Wildman–Crippen MR) is 53.8 cm³/mol. The number of aromatic nitrogens is 1. The lowest BCUT2D eigenvalue weighted by Crippen LogP contribution is -1.99. The molecule has 2 aromatic rings. The lowest BCUT2D eigenvalue weighted by Gasteiger charge is -1.87. The van der Waals surface area contributed by atoms with Crippen molar-refractivity contribution in [3.8, 4) is 6.07 Å². The van der Waals surface area contributed by atoms with E-state index in [0.717, 1.165) is 0 Å². The highest BCUT2D eigenvalue weighted by molar-refractivity contribution is 6.29. The second kappa shape index (κ2) is 3.71. The minimum Gasteiger partial charge on any atom is -0.432 e. The van der Waals surface area contributed by atoms with Crippen molar-refractivity contribution in [3.63, 3.8) is 0 Å². The van der Waals surface area contributed by atoms with Crippen LogP contribution < -0.4 is 0 Å². The van der Waals surface area contributed by atoms with Gasteiger partial charge in [0.05, 0.1) is 11.4 Å². The molecule has 1 heterocycles. The molecule has 0 spiro atoms. The molecule has 0 amide bonds. The van der Waals surface area contributed by atoms with Crippen molar-refractivity contribution in [3.05, 3.63) is 29.7 Å². The van der Waals surface area contributed by atoms with Gasteiger partial charge in [-0.1, -0.05) is 6.07 Å². The molecule has 0 aliphatic heterocycles. The number of benzene rings is 1. The highest BCUT2D eigenvalue weighted by Crippen LogP contribution is 2.19. The molecule has 5 heteroatoms. The predicted octanol–water partition coefficient (Wildman–Crippen LogP) is 2.12. The molecule has 0 N–H and O–H groups in total. The molecule has 0 aliphatic rings. The zero-order valence-corrected chi connectivity index (χ0v) is 8.28. The van der Waals surface area contributed by atoms with E-state index < -0.39 is 5.78 Å². The topological polar surface area (TPSA) is 66.9 Å². The fourth-order valence-electron chi connectivity index (χ4n) is 1.21. The fraction of sp³-hybridized carbons (Fsp3) is 0.100. The number of nitriles is 1. The van der Waals surface area contributed by atoms with Crippen molar-refractivity contribution < 1.29 is 9.21 Å². The number of hydrogen-bond donors (Lipinski definition) is 0. The van der Waals surface area contributed by atoms with Crippen molar-refractivity contribution in [2.75, 3.05) is 5.88 Å². The summed E-state index contributed by atoms with van der Waals surface area (Å²) in [6.45, 7) is 0. The van der Waals surface area contributed by atoms with Crippen LogP contribution in [-0.2, 0) is 0 Å². The molecule has 1 aromatic carbocycles. The van der Waals surface area contributed by atoms with Crippen LogP contribution in [0.1, 0.15) is 16.2 Å². The molecule has 0 saturated heterocycles. The number of alkyl halides is 1. The fourth-order valence-corrected chi connectivity index (χ4v) is 1.33. The Kier molecular flexibility index (Phi) is 2.40. The van der Waals surface area contributed by atoms with E-state index in [1.807, 2.05) is 6.07 Å². The Bertz CT molecular complexity index is 568. The van der Waals surface area contributed by atoms with E-state index in [0.29, 0.717) is 16.7 Å². The quantitative estimate of drug-likeness (QED) is 0.574. The number of hydrogen-bond acceptors (Lipinski definition) is 4. The SMILES string of the molecule is N#Cc1cccc2nc(C(=O)CCl)oc12. The second-order valence-electron chi connectivity index (χ2n) is 2.84. The zero-order chi connectivity index (χ0) is 10.8. The Morgan fingerprint density at radius 3 is 3.07 bits per heavy atom. The minimum absolute atomic E-state index is 0.0531. The summed E-state index contributed by atoms with van der Waals surface area (Å²) in [6.07, 6.45) is 0. The summed E-state index contributed by atoms with van der Waals surface area (Å²) in [5.74, 6) is -0.631. The van der Waals surface area contributed by atoms with Crippen LogP contribution in [-0.4, -0.2) is 16.6 Å². The van der Waals surface area contributed by atoms with Gasteiger partial charge in [0, 0.05) is 0 Å². The van der Waals surface area contributed by atoms with Crippen molar-refractivity contribution in [1.82, 2.24) is 4.98 Å². The van der Waals surface area contributed by atoms with Crippen LogP contribution in [0.2, 0.25) is 0 Å². The van der Waals surface area contributed by atoms with Gasteiger partial charge in [0.2, 0.25) is 5.78 Å². The monoisotopic (exact) mass is 220 g/mol. The van der Waals surface area contributed by atoms with E-state index in [1.165, 1.54) is 0 Å². The number of fused-ring (bicyclic) bond motifs is 1. The molecule has 0 atom stereocenters. The third kappa shape index (κ3) is 1.58. The summed E-state index contributed by atoms with van der Waals surface area (Å²) in [4.78, 5) is 15.2. The third-order valence-electron chi connectivity index (χ3n) is 1.90. The third-order valence-corrected chi connectivity index (χ3v) is 2.14. The molecule has 0 radical (unpaired) electrons. The van der Waals surface area contributed by atoms with Gasteiger partial charge in [0.1, 0.15) is 11.6 Å². The Hall–Kier alpha value is -1.86. The highest BCUT2D eigenvalue weighted by Gasteiger charge is 2.14. The first-order chi connectivity index (χ1) is 7.26. The Balaban J connectivity index is 2.66. The average molecular weight is 221 g/mol. The van der Waals surface area contributed by atoms with Gasteiger partial charge >= 0.3 is 0 Å². The van der Waals surface area contributed by atoms with E-state index in [2.05, 4.69) is 4.98 Å². The Labute approximate surface area is 90.1 Å². The molecule has 4 nitrogen and oxygen atoms in total.